The van der Waals surface area contributed by atoms with Crippen molar-refractivity contribution < 1.29 is 4.74 Å². The molecule has 2 aliphatic heterocycles. The number of aromatic nitrogens is 3. The van der Waals surface area contributed by atoms with Gasteiger partial charge in [0.15, 0.2) is 5.16 Å². The molecule has 0 bridgehead atoms. The normalized spacial score (nSPS) is 23.5. The van der Waals surface area contributed by atoms with Crippen LogP contribution in [0.15, 0.2) is 17.8 Å². The van der Waals surface area contributed by atoms with Gasteiger partial charge in [-0.2, -0.15) is 0 Å². The molecule has 0 saturated carbocycles. The van der Waals surface area contributed by atoms with Gasteiger partial charge in [0.2, 0.25) is 0 Å². The maximum atomic E-state index is 5.57. The summed E-state index contributed by atoms with van der Waals surface area (Å²) in [7, 11) is 0. The molecule has 6 heteroatoms. The van der Waals surface area contributed by atoms with Crippen molar-refractivity contribution >= 4 is 11.8 Å². The fraction of sp³-hybridized carbons (Fsp3) is 0.750. The Balaban J connectivity index is 1.67. The van der Waals surface area contributed by atoms with Crippen molar-refractivity contribution in [2.24, 2.45) is 5.92 Å². The first-order valence-electron chi connectivity index (χ1n) is 8.33. The lowest BCUT2D eigenvalue weighted by atomic mass is 9.97. The fourth-order valence-electron chi connectivity index (χ4n) is 3.22. The van der Waals surface area contributed by atoms with Gasteiger partial charge in [-0.15, -0.1) is 16.8 Å². The molecule has 0 amide bonds. The maximum Gasteiger partial charge on any atom is 0.191 e. The van der Waals surface area contributed by atoms with E-state index in [4.69, 9.17) is 4.74 Å². The average molecular weight is 322 g/mol. The maximum absolute atomic E-state index is 5.57. The monoisotopic (exact) mass is 322 g/mol. The van der Waals surface area contributed by atoms with Gasteiger partial charge in [0, 0.05) is 24.8 Å². The van der Waals surface area contributed by atoms with Crippen molar-refractivity contribution in [3.05, 3.63) is 18.5 Å². The lowest BCUT2D eigenvalue weighted by Crippen LogP contribution is -2.28. The van der Waals surface area contributed by atoms with Gasteiger partial charge in [0.1, 0.15) is 5.82 Å². The quantitative estimate of drug-likeness (QED) is 0.644. The van der Waals surface area contributed by atoms with Gasteiger partial charge < -0.3 is 14.6 Å². The molecule has 22 heavy (non-hydrogen) atoms. The van der Waals surface area contributed by atoms with Crippen LogP contribution in [0.5, 0.6) is 0 Å². The standard InChI is InChI=1S/C16H26N4OS/c1-2-9-20-15(14-5-7-17-8-6-14)18-19-16(20)22-12-13-4-3-10-21-11-13/h2,13-14,17H,1,3-12H2. The summed E-state index contributed by atoms with van der Waals surface area (Å²) in [5.74, 6) is 3.39. The van der Waals surface area contributed by atoms with Gasteiger partial charge in [-0.25, -0.2) is 0 Å². The molecule has 1 N–H and O–H groups in total. The van der Waals surface area contributed by atoms with Crippen LogP contribution in [0.25, 0.3) is 0 Å². The Bertz CT molecular complexity index is 478. The van der Waals surface area contributed by atoms with E-state index in [2.05, 4.69) is 26.7 Å². The van der Waals surface area contributed by atoms with Crippen LogP contribution < -0.4 is 5.32 Å². The van der Waals surface area contributed by atoms with Crippen LogP contribution in [0.2, 0.25) is 0 Å². The topological polar surface area (TPSA) is 52.0 Å². The summed E-state index contributed by atoms with van der Waals surface area (Å²) < 4.78 is 7.83. The highest BCUT2D eigenvalue weighted by atomic mass is 32.2. The lowest BCUT2D eigenvalue weighted by molar-refractivity contribution is 0.0632. The van der Waals surface area contributed by atoms with E-state index in [1.165, 1.54) is 12.8 Å². The first-order valence-corrected chi connectivity index (χ1v) is 9.32. The Hall–Kier alpha value is -0.850. The van der Waals surface area contributed by atoms with Gasteiger partial charge in [0.25, 0.3) is 0 Å². The highest BCUT2D eigenvalue weighted by Gasteiger charge is 2.23. The van der Waals surface area contributed by atoms with E-state index >= 15 is 0 Å². The number of allylic oxidation sites excluding steroid dienone is 1. The molecule has 5 nitrogen and oxygen atoms in total. The highest BCUT2D eigenvalue weighted by molar-refractivity contribution is 7.99. The molecule has 0 radical (unpaired) electrons. The molecule has 2 fully saturated rings. The van der Waals surface area contributed by atoms with Crippen LogP contribution in [-0.2, 0) is 11.3 Å². The SMILES string of the molecule is C=CCn1c(SCC2CCCOC2)nnc1C1CCNCC1. The van der Waals surface area contributed by atoms with E-state index in [0.29, 0.717) is 11.8 Å². The number of hydrogen-bond acceptors (Lipinski definition) is 5. The smallest absolute Gasteiger partial charge is 0.191 e. The summed E-state index contributed by atoms with van der Waals surface area (Å²) in [6.45, 7) is 8.67. The molecule has 0 spiro atoms. The van der Waals surface area contributed by atoms with Crippen LogP contribution in [0.4, 0.5) is 0 Å². The minimum Gasteiger partial charge on any atom is -0.381 e. The Morgan fingerprint density at radius 3 is 2.91 bits per heavy atom. The average Bonchev–Trinajstić information content (AvgIpc) is 2.98. The summed E-state index contributed by atoms with van der Waals surface area (Å²) in [5, 5.41) is 13.4. The minimum atomic E-state index is 0.529. The van der Waals surface area contributed by atoms with E-state index in [1.54, 1.807) is 0 Å². The number of nitrogens with zero attached hydrogens (tertiary/aromatic N) is 3. The summed E-state index contributed by atoms with van der Waals surface area (Å²) in [4.78, 5) is 0. The molecule has 0 aliphatic carbocycles. The summed E-state index contributed by atoms with van der Waals surface area (Å²) in [6.07, 6.45) is 6.70. The summed E-state index contributed by atoms with van der Waals surface area (Å²) in [6, 6.07) is 0. The first-order chi connectivity index (χ1) is 10.9. The highest BCUT2D eigenvalue weighted by Crippen LogP contribution is 2.29. The van der Waals surface area contributed by atoms with Crippen molar-refractivity contribution in [2.45, 2.75) is 43.3 Å². The van der Waals surface area contributed by atoms with Crippen molar-refractivity contribution in [1.82, 2.24) is 20.1 Å². The molecular weight excluding hydrogens is 296 g/mol. The number of ether oxygens (including phenoxy) is 1. The third-order valence-corrected chi connectivity index (χ3v) is 5.66. The van der Waals surface area contributed by atoms with Gasteiger partial charge in [0.05, 0.1) is 6.61 Å². The van der Waals surface area contributed by atoms with Gasteiger partial charge >= 0.3 is 0 Å². The number of nitrogens with one attached hydrogen (secondary N) is 1. The number of rotatable bonds is 6. The zero-order valence-corrected chi connectivity index (χ0v) is 14.0. The van der Waals surface area contributed by atoms with Crippen molar-refractivity contribution in [3.63, 3.8) is 0 Å². The van der Waals surface area contributed by atoms with Gasteiger partial charge in [-0.05, 0) is 44.7 Å². The van der Waals surface area contributed by atoms with Crippen LogP contribution in [0.3, 0.4) is 0 Å². The minimum absolute atomic E-state index is 0.529. The van der Waals surface area contributed by atoms with Crippen molar-refractivity contribution in [2.75, 3.05) is 32.1 Å². The Morgan fingerprint density at radius 1 is 1.32 bits per heavy atom. The third kappa shape index (κ3) is 3.91. The van der Waals surface area contributed by atoms with Crippen LogP contribution >= 0.6 is 11.8 Å². The molecule has 3 rings (SSSR count). The third-order valence-electron chi connectivity index (χ3n) is 4.46. The summed E-state index contributed by atoms with van der Waals surface area (Å²) >= 11 is 1.82. The van der Waals surface area contributed by atoms with Crippen LogP contribution in [-0.4, -0.2) is 46.8 Å². The molecule has 2 saturated heterocycles. The second kappa shape index (κ2) is 8.13. The Morgan fingerprint density at radius 2 is 2.18 bits per heavy atom. The second-order valence-electron chi connectivity index (χ2n) is 6.16. The van der Waals surface area contributed by atoms with E-state index in [0.717, 1.165) is 62.4 Å². The number of piperidine rings is 1. The second-order valence-corrected chi connectivity index (χ2v) is 7.15. The molecular formula is C16H26N4OS. The van der Waals surface area contributed by atoms with Gasteiger partial charge in [-0.1, -0.05) is 17.8 Å². The van der Waals surface area contributed by atoms with Crippen molar-refractivity contribution in [3.8, 4) is 0 Å². The molecule has 1 aromatic heterocycles. The predicted molar refractivity (Wildman–Crippen MR) is 89.3 cm³/mol. The Kier molecular flexibility index (Phi) is 5.92. The zero-order chi connectivity index (χ0) is 15.2. The molecule has 0 aromatic carbocycles. The predicted octanol–water partition coefficient (Wildman–Crippen LogP) is 2.45. The Labute approximate surface area is 136 Å². The first kappa shape index (κ1) is 16.0. The van der Waals surface area contributed by atoms with Crippen LogP contribution in [0, 0.1) is 5.92 Å². The van der Waals surface area contributed by atoms with Crippen molar-refractivity contribution in [1.29, 1.82) is 0 Å². The largest absolute Gasteiger partial charge is 0.381 e. The van der Waals surface area contributed by atoms with E-state index in [1.807, 2.05) is 17.8 Å². The van der Waals surface area contributed by atoms with Crippen LogP contribution in [0.1, 0.15) is 37.4 Å². The number of hydrogen-bond donors (Lipinski definition) is 1. The van der Waals surface area contributed by atoms with Gasteiger partial charge in [-0.3, -0.25) is 0 Å². The molecule has 1 atom stereocenters. The molecule has 3 heterocycles. The van der Waals surface area contributed by atoms with E-state index in [9.17, 15) is 0 Å². The fourth-order valence-corrected chi connectivity index (χ4v) is 4.29. The molecule has 1 unspecified atom stereocenters. The lowest BCUT2D eigenvalue weighted by Gasteiger charge is -2.23. The zero-order valence-electron chi connectivity index (χ0n) is 13.2. The molecule has 122 valence electrons. The molecule has 1 aromatic rings. The van der Waals surface area contributed by atoms with E-state index in [-0.39, 0.29) is 0 Å². The molecule has 2 aliphatic rings. The van der Waals surface area contributed by atoms with E-state index < -0.39 is 0 Å². The number of thioether (sulfide) groups is 1. The summed E-state index contributed by atoms with van der Waals surface area (Å²) in [5.41, 5.74) is 0.